The summed E-state index contributed by atoms with van der Waals surface area (Å²) in [4.78, 5) is 29.2. The quantitative estimate of drug-likeness (QED) is 0.556. The smallest absolute Gasteiger partial charge is 0.242 e. The first-order valence-electron chi connectivity index (χ1n) is 9.90. The zero-order chi connectivity index (χ0) is 19.6. The normalized spacial score (nSPS) is 16.5. The van der Waals surface area contributed by atoms with E-state index in [0.29, 0.717) is 19.6 Å². The first-order valence-corrected chi connectivity index (χ1v) is 9.90. The lowest BCUT2D eigenvalue weighted by molar-refractivity contribution is -0.143. The number of amides is 2. The average molecular weight is 376 g/mol. The second-order valence-corrected chi connectivity index (χ2v) is 7.01. The number of furan rings is 1. The SMILES string of the molecule is C=CCN(CC(=O)N(Cc1ccco1)CC1CCCO1)C(=O)C(CC)CC. The number of nitrogens with zero attached hydrogens (tertiary/aromatic N) is 2. The molecule has 1 aliphatic heterocycles. The summed E-state index contributed by atoms with van der Waals surface area (Å²) in [6.07, 6.45) is 6.82. The predicted octanol–water partition coefficient (Wildman–Crippen LogP) is 3.24. The second-order valence-electron chi connectivity index (χ2n) is 7.01. The van der Waals surface area contributed by atoms with Gasteiger partial charge in [0.2, 0.25) is 11.8 Å². The Morgan fingerprint density at radius 2 is 2.11 bits per heavy atom. The van der Waals surface area contributed by atoms with E-state index in [9.17, 15) is 9.59 Å². The molecule has 1 saturated heterocycles. The van der Waals surface area contributed by atoms with E-state index in [1.165, 1.54) is 0 Å². The van der Waals surface area contributed by atoms with Crippen LogP contribution < -0.4 is 0 Å². The summed E-state index contributed by atoms with van der Waals surface area (Å²) in [5, 5.41) is 0. The van der Waals surface area contributed by atoms with Crippen LogP contribution in [-0.2, 0) is 20.9 Å². The van der Waals surface area contributed by atoms with Gasteiger partial charge in [-0.15, -0.1) is 6.58 Å². The molecule has 0 bridgehead atoms. The van der Waals surface area contributed by atoms with E-state index in [1.54, 1.807) is 22.1 Å². The van der Waals surface area contributed by atoms with E-state index in [4.69, 9.17) is 9.15 Å². The molecule has 0 radical (unpaired) electrons. The Morgan fingerprint density at radius 1 is 1.33 bits per heavy atom. The molecule has 1 unspecified atom stereocenters. The molecule has 1 aliphatic rings. The fourth-order valence-corrected chi connectivity index (χ4v) is 3.43. The summed E-state index contributed by atoms with van der Waals surface area (Å²) < 4.78 is 11.1. The third kappa shape index (κ3) is 6.24. The Morgan fingerprint density at radius 3 is 2.67 bits per heavy atom. The molecule has 0 aliphatic carbocycles. The van der Waals surface area contributed by atoms with Crippen LogP contribution >= 0.6 is 0 Å². The molecule has 0 saturated carbocycles. The van der Waals surface area contributed by atoms with E-state index >= 15 is 0 Å². The van der Waals surface area contributed by atoms with Gasteiger partial charge in [-0.1, -0.05) is 19.9 Å². The monoisotopic (exact) mass is 376 g/mol. The van der Waals surface area contributed by atoms with Crippen LogP contribution in [0.1, 0.15) is 45.3 Å². The Bertz CT molecular complexity index is 589. The van der Waals surface area contributed by atoms with Gasteiger partial charge in [0.15, 0.2) is 0 Å². The van der Waals surface area contributed by atoms with Gasteiger partial charge in [0.25, 0.3) is 0 Å². The minimum atomic E-state index is -0.0944. The van der Waals surface area contributed by atoms with Crippen LogP contribution in [0.5, 0.6) is 0 Å². The van der Waals surface area contributed by atoms with E-state index in [0.717, 1.165) is 38.1 Å². The van der Waals surface area contributed by atoms with Crippen LogP contribution in [0, 0.1) is 5.92 Å². The van der Waals surface area contributed by atoms with Gasteiger partial charge in [-0.3, -0.25) is 9.59 Å². The molecule has 6 nitrogen and oxygen atoms in total. The highest BCUT2D eigenvalue weighted by molar-refractivity contribution is 5.86. The van der Waals surface area contributed by atoms with Crippen LogP contribution in [0.25, 0.3) is 0 Å². The van der Waals surface area contributed by atoms with Crippen molar-refractivity contribution in [2.75, 3.05) is 26.2 Å². The Labute approximate surface area is 162 Å². The number of rotatable bonds is 11. The van der Waals surface area contributed by atoms with Crippen molar-refractivity contribution >= 4 is 11.8 Å². The summed E-state index contributed by atoms with van der Waals surface area (Å²) >= 11 is 0. The standard InChI is InChI=1S/C21H32N2O4/c1-4-11-22(21(25)17(5-2)6-3)16-20(24)23(14-18-9-7-12-26-18)15-19-10-8-13-27-19/h4,7,9,12,17,19H,1,5-6,8,10-11,13-16H2,2-3H3. The van der Waals surface area contributed by atoms with Crippen molar-refractivity contribution in [1.82, 2.24) is 9.80 Å². The van der Waals surface area contributed by atoms with Gasteiger partial charge < -0.3 is 19.0 Å². The molecule has 0 aromatic carbocycles. The van der Waals surface area contributed by atoms with Gasteiger partial charge >= 0.3 is 0 Å². The molecular weight excluding hydrogens is 344 g/mol. The van der Waals surface area contributed by atoms with E-state index in [-0.39, 0.29) is 30.4 Å². The highest BCUT2D eigenvalue weighted by Crippen LogP contribution is 2.17. The molecule has 1 aromatic rings. The number of ether oxygens (including phenoxy) is 1. The minimum absolute atomic E-state index is 0.0170. The Kier molecular flexibility index (Phi) is 8.58. The van der Waals surface area contributed by atoms with Crippen molar-refractivity contribution < 1.29 is 18.7 Å². The maximum absolute atomic E-state index is 13.0. The highest BCUT2D eigenvalue weighted by Gasteiger charge is 2.27. The second kappa shape index (κ2) is 10.9. The summed E-state index contributed by atoms with van der Waals surface area (Å²) in [5.74, 6) is 0.587. The molecule has 27 heavy (non-hydrogen) atoms. The minimum Gasteiger partial charge on any atom is -0.467 e. The summed E-state index contributed by atoms with van der Waals surface area (Å²) in [5.41, 5.74) is 0. The third-order valence-corrected chi connectivity index (χ3v) is 5.05. The zero-order valence-electron chi connectivity index (χ0n) is 16.6. The van der Waals surface area contributed by atoms with Crippen LogP contribution in [0.3, 0.4) is 0 Å². The number of carbonyl (C=O) groups excluding carboxylic acids is 2. The van der Waals surface area contributed by atoms with Crippen LogP contribution in [0.15, 0.2) is 35.5 Å². The van der Waals surface area contributed by atoms with Crippen LogP contribution in [-0.4, -0.2) is 54.0 Å². The average Bonchev–Trinajstić information content (AvgIpc) is 3.35. The van der Waals surface area contributed by atoms with Crippen molar-refractivity contribution in [3.8, 4) is 0 Å². The van der Waals surface area contributed by atoms with Crippen LogP contribution in [0.4, 0.5) is 0 Å². The summed E-state index contributed by atoms with van der Waals surface area (Å²) in [6, 6.07) is 3.66. The first-order chi connectivity index (χ1) is 13.1. The fourth-order valence-electron chi connectivity index (χ4n) is 3.43. The molecule has 6 heteroatoms. The topological polar surface area (TPSA) is 63.0 Å². The fraction of sp³-hybridized carbons (Fsp3) is 0.619. The number of hydrogen-bond acceptors (Lipinski definition) is 4. The Hall–Kier alpha value is -2.08. The number of carbonyl (C=O) groups is 2. The molecule has 1 fully saturated rings. The van der Waals surface area contributed by atoms with E-state index in [1.807, 2.05) is 26.0 Å². The summed E-state index contributed by atoms with van der Waals surface area (Å²) in [7, 11) is 0. The number of hydrogen-bond donors (Lipinski definition) is 0. The van der Waals surface area contributed by atoms with Gasteiger partial charge in [-0.2, -0.15) is 0 Å². The molecule has 2 amide bonds. The lowest BCUT2D eigenvalue weighted by Crippen LogP contribution is -2.46. The van der Waals surface area contributed by atoms with Crippen molar-refractivity contribution in [3.63, 3.8) is 0 Å². The van der Waals surface area contributed by atoms with E-state index in [2.05, 4.69) is 6.58 Å². The largest absolute Gasteiger partial charge is 0.467 e. The molecule has 2 heterocycles. The molecular formula is C21H32N2O4. The molecule has 1 aromatic heterocycles. The van der Waals surface area contributed by atoms with Crippen LogP contribution in [0.2, 0.25) is 0 Å². The predicted molar refractivity (Wildman–Crippen MR) is 104 cm³/mol. The van der Waals surface area contributed by atoms with Crippen molar-refractivity contribution in [2.45, 2.75) is 52.2 Å². The summed E-state index contributed by atoms with van der Waals surface area (Å²) in [6.45, 7) is 9.79. The molecule has 0 spiro atoms. The first kappa shape index (κ1) is 21.2. The lowest BCUT2D eigenvalue weighted by Gasteiger charge is -2.29. The van der Waals surface area contributed by atoms with Gasteiger partial charge in [0.1, 0.15) is 12.3 Å². The molecule has 0 N–H and O–H groups in total. The molecule has 150 valence electrons. The Balaban J connectivity index is 2.08. The van der Waals surface area contributed by atoms with Gasteiger partial charge in [-0.05, 0) is 37.8 Å². The molecule has 1 atom stereocenters. The maximum Gasteiger partial charge on any atom is 0.242 e. The van der Waals surface area contributed by atoms with Gasteiger partial charge in [0.05, 0.1) is 18.9 Å². The van der Waals surface area contributed by atoms with Gasteiger partial charge in [0, 0.05) is 25.6 Å². The highest BCUT2D eigenvalue weighted by atomic mass is 16.5. The zero-order valence-corrected chi connectivity index (χ0v) is 16.6. The van der Waals surface area contributed by atoms with Crippen molar-refractivity contribution in [1.29, 1.82) is 0 Å². The van der Waals surface area contributed by atoms with Crippen molar-refractivity contribution in [2.24, 2.45) is 5.92 Å². The van der Waals surface area contributed by atoms with E-state index < -0.39 is 0 Å². The lowest BCUT2D eigenvalue weighted by atomic mass is 10.0. The van der Waals surface area contributed by atoms with Gasteiger partial charge in [-0.25, -0.2) is 0 Å². The molecule has 2 rings (SSSR count). The maximum atomic E-state index is 13.0. The van der Waals surface area contributed by atoms with Crippen molar-refractivity contribution in [3.05, 3.63) is 36.8 Å². The third-order valence-electron chi connectivity index (χ3n) is 5.05.